The Hall–Kier alpha value is -2.66. The number of carbonyl (C=O) groups is 2. The quantitative estimate of drug-likeness (QED) is 0.514. The van der Waals surface area contributed by atoms with Crippen molar-refractivity contribution < 1.29 is 9.59 Å². The maximum atomic E-state index is 11.9. The van der Waals surface area contributed by atoms with Crippen LogP contribution in [0.1, 0.15) is 18.1 Å². The number of carbonyl (C=O) groups excluding carboxylic acids is 2. The standard InChI is InChI=1S/C17H16ClN3O2/c1-2-13-5-3-4-6-15(13)20-16(22)17(23)21-19-11-12-7-9-14(18)10-8-12/h3-11H,2H2,1H3,(H,20,22)(H,21,23)/b19-11-. The molecular formula is C17H16ClN3O2. The molecule has 0 fully saturated rings. The second-order valence-corrected chi connectivity index (χ2v) is 5.15. The Morgan fingerprint density at radius 2 is 1.78 bits per heavy atom. The molecule has 0 aliphatic carbocycles. The lowest BCUT2D eigenvalue weighted by molar-refractivity contribution is -0.136. The molecule has 0 aliphatic rings. The molecule has 0 heterocycles. The summed E-state index contributed by atoms with van der Waals surface area (Å²) in [7, 11) is 0. The Morgan fingerprint density at radius 3 is 2.48 bits per heavy atom. The second-order valence-electron chi connectivity index (χ2n) is 4.72. The maximum absolute atomic E-state index is 11.9. The lowest BCUT2D eigenvalue weighted by Crippen LogP contribution is -2.32. The molecule has 6 heteroatoms. The van der Waals surface area contributed by atoms with Gasteiger partial charge in [-0.2, -0.15) is 5.10 Å². The molecule has 0 radical (unpaired) electrons. The van der Waals surface area contributed by atoms with Gasteiger partial charge in [-0.15, -0.1) is 0 Å². The molecule has 0 aliphatic heterocycles. The fourth-order valence-corrected chi connectivity index (χ4v) is 2.02. The number of nitrogens with zero attached hydrogens (tertiary/aromatic N) is 1. The van der Waals surface area contributed by atoms with Crippen molar-refractivity contribution in [1.29, 1.82) is 0 Å². The Bertz CT molecular complexity index is 727. The third kappa shape index (κ3) is 4.93. The summed E-state index contributed by atoms with van der Waals surface area (Å²) >= 11 is 5.77. The summed E-state index contributed by atoms with van der Waals surface area (Å²) in [6.07, 6.45) is 2.19. The largest absolute Gasteiger partial charge is 0.329 e. The van der Waals surface area contributed by atoms with Crippen molar-refractivity contribution in [3.63, 3.8) is 0 Å². The lowest BCUT2D eigenvalue weighted by atomic mass is 10.1. The average molecular weight is 330 g/mol. The number of rotatable bonds is 4. The van der Waals surface area contributed by atoms with Gasteiger partial charge in [0.2, 0.25) is 0 Å². The molecule has 0 spiro atoms. The lowest BCUT2D eigenvalue weighted by Gasteiger charge is -2.08. The van der Waals surface area contributed by atoms with Gasteiger partial charge in [0.05, 0.1) is 6.21 Å². The van der Waals surface area contributed by atoms with Gasteiger partial charge in [-0.3, -0.25) is 9.59 Å². The molecule has 2 rings (SSSR count). The highest BCUT2D eigenvalue weighted by Gasteiger charge is 2.14. The van der Waals surface area contributed by atoms with Crippen LogP contribution in [0.15, 0.2) is 53.6 Å². The minimum Gasteiger partial charge on any atom is -0.317 e. The number of halogens is 1. The highest BCUT2D eigenvalue weighted by atomic mass is 35.5. The number of nitrogens with one attached hydrogen (secondary N) is 2. The van der Waals surface area contributed by atoms with Gasteiger partial charge in [-0.1, -0.05) is 48.9 Å². The van der Waals surface area contributed by atoms with Crippen LogP contribution in [0.25, 0.3) is 0 Å². The first-order chi connectivity index (χ1) is 11.1. The van der Waals surface area contributed by atoms with Crippen molar-refractivity contribution in [1.82, 2.24) is 5.43 Å². The third-order valence-corrected chi connectivity index (χ3v) is 3.35. The van der Waals surface area contributed by atoms with Crippen LogP contribution < -0.4 is 10.7 Å². The van der Waals surface area contributed by atoms with E-state index in [0.717, 1.165) is 17.5 Å². The summed E-state index contributed by atoms with van der Waals surface area (Å²) < 4.78 is 0. The molecule has 0 unspecified atom stereocenters. The van der Waals surface area contributed by atoms with Gasteiger partial charge in [0.1, 0.15) is 0 Å². The Kier molecular flexibility index (Phi) is 5.88. The van der Waals surface area contributed by atoms with Gasteiger partial charge < -0.3 is 5.32 Å². The molecule has 2 aromatic rings. The highest BCUT2D eigenvalue weighted by Crippen LogP contribution is 2.15. The van der Waals surface area contributed by atoms with Gasteiger partial charge in [0.15, 0.2) is 0 Å². The van der Waals surface area contributed by atoms with Crippen molar-refractivity contribution in [3.05, 3.63) is 64.7 Å². The number of hydrazone groups is 1. The van der Waals surface area contributed by atoms with Crippen LogP contribution in [0.2, 0.25) is 5.02 Å². The van der Waals surface area contributed by atoms with E-state index in [0.29, 0.717) is 10.7 Å². The van der Waals surface area contributed by atoms with Crippen LogP contribution in [0.4, 0.5) is 5.69 Å². The molecule has 0 atom stereocenters. The van der Waals surface area contributed by atoms with E-state index in [9.17, 15) is 9.59 Å². The number of benzene rings is 2. The first kappa shape index (κ1) is 16.7. The summed E-state index contributed by atoms with van der Waals surface area (Å²) in [5.41, 5.74) is 4.52. The van der Waals surface area contributed by atoms with Crippen LogP contribution in [0.5, 0.6) is 0 Å². The molecule has 2 N–H and O–H groups in total. The molecule has 0 saturated heterocycles. The van der Waals surface area contributed by atoms with E-state index < -0.39 is 11.8 Å². The molecule has 23 heavy (non-hydrogen) atoms. The predicted molar refractivity (Wildman–Crippen MR) is 91.6 cm³/mol. The molecule has 2 aromatic carbocycles. The van der Waals surface area contributed by atoms with Gasteiger partial charge in [-0.25, -0.2) is 5.43 Å². The third-order valence-electron chi connectivity index (χ3n) is 3.10. The van der Waals surface area contributed by atoms with E-state index in [1.54, 1.807) is 36.4 Å². The number of amides is 2. The van der Waals surface area contributed by atoms with Crippen molar-refractivity contribution in [2.24, 2.45) is 5.10 Å². The van der Waals surface area contributed by atoms with Crippen LogP contribution in [0.3, 0.4) is 0 Å². The zero-order chi connectivity index (χ0) is 16.7. The van der Waals surface area contributed by atoms with Gasteiger partial charge in [0, 0.05) is 10.7 Å². The SMILES string of the molecule is CCc1ccccc1NC(=O)C(=O)N/N=C\c1ccc(Cl)cc1. The van der Waals surface area contributed by atoms with E-state index in [4.69, 9.17) is 11.6 Å². The summed E-state index contributed by atoms with van der Waals surface area (Å²) in [6, 6.07) is 14.2. The molecule has 5 nitrogen and oxygen atoms in total. The van der Waals surface area contributed by atoms with E-state index in [-0.39, 0.29) is 0 Å². The maximum Gasteiger partial charge on any atom is 0.329 e. The topological polar surface area (TPSA) is 70.6 Å². The number of para-hydroxylation sites is 1. The van der Waals surface area contributed by atoms with Gasteiger partial charge in [0.25, 0.3) is 0 Å². The zero-order valence-electron chi connectivity index (χ0n) is 12.5. The molecular weight excluding hydrogens is 314 g/mol. The zero-order valence-corrected chi connectivity index (χ0v) is 13.3. The van der Waals surface area contributed by atoms with Crippen molar-refractivity contribution >= 4 is 35.3 Å². The van der Waals surface area contributed by atoms with Crippen molar-refractivity contribution in [2.45, 2.75) is 13.3 Å². The molecule has 0 saturated carbocycles. The summed E-state index contributed by atoms with van der Waals surface area (Å²) in [5.74, 6) is -1.60. The van der Waals surface area contributed by atoms with Crippen molar-refractivity contribution in [3.8, 4) is 0 Å². The number of aryl methyl sites for hydroxylation is 1. The fraction of sp³-hybridized carbons (Fsp3) is 0.118. The first-order valence-corrected chi connectivity index (χ1v) is 7.46. The average Bonchev–Trinajstić information content (AvgIpc) is 2.57. The summed E-state index contributed by atoms with van der Waals surface area (Å²) in [5, 5.41) is 6.93. The number of anilines is 1. The molecule has 118 valence electrons. The summed E-state index contributed by atoms with van der Waals surface area (Å²) in [6.45, 7) is 1.97. The predicted octanol–water partition coefficient (Wildman–Crippen LogP) is 2.99. The Morgan fingerprint density at radius 1 is 1.09 bits per heavy atom. The highest BCUT2D eigenvalue weighted by molar-refractivity contribution is 6.39. The van der Waals surface area contributed by atoms with E-state index in [2.05, 4.69) is 15.8 Å². The normalized spacial score (nSPS) is 10.5. The smallest absolute Gasteiger partial charge is 0.317 e. The molecule has 0 bridgehead atoms. The minimum atomic E-state index is -0.832. The van der Waals surface area contributed by atoms with E-state index in [1.165, 1.54) is 6.21 Å². The summed E-state index contributed by atoms with van der Waals surface area (Å²) in [4.78, 5) is 23.6. The Balaban J connectivity index is 1.92. The minimum absolute atomic E-state index is 0.611. The van der Waals surface area contributed by atoms with Crippen LogP contribution in [-0.2, 0) is 16.0 Å². The Labute approximate surface area is 139 Å². The van der Waals surface area contributed by atoms with Crippen LogP contribution >= 0.6 is 11.6 Å². The fourth-order valence-electron chi connectivity index (χ4n) is 1.89. The van der Waals surface area contributed by atoms with Crippen molar-refractivity contribution in [2.75, 3.05) is 5.32 Å². The monoisotopic (exact) mass is 329 g/mol. The van der Waals surface area contributed by atoms with Crippen LogP contribution in [0, 0.1) is 0 Å². The molecule has 2 amide bonds. The van der Waals surface area contributed by atoms with Crippen LogP contribution in [-0.4, -0.2) is 18.0 Å². The first-order valence-electron chi connectivity index (χ1n) is 7.08. The van der Waals surface area contributed by atoms with E-state index in [1.807, 2.05) is 19.1 Å². The van der Waals surface area contributed by atoms with Gasteiger partial charge >= 0.3 is 11.8 Å². The van der Waals surface area contributed by atoms with E-state index >= 15 is 0 Å². The number of hydrogen-bond acceptors (Lipinski definition) is 3. The second kappa shape index (κ2) is 8.10. The number of hydrogen-bond donors (Lipinski definition) is 2. The van der Waals surface area contributed by atoms with Gasteiger partial charge in [-0.05, 0) is 35.7 Å². The molecule has 0 aromatic heterocycles.